The van der Waals surface area contributed by atoms with E-state index in [4.69, 9.17) is 15.6 Å². The van der Waals surface area contributed by atoms with Crippen molar-refractivity contribution in [3.8, 4) is 12.1 Å². The number of hydrogen-bond donors (Lipinski definition) is 1. The van der Waals surface area contributed by atoms with Crippen LogP contribution >= 0.6 is 0 Å². The number of nitrogens with zero attached hydrogens (tertiary/aromatic N) is 2. The smallest absolute Gasteiger partial charge is 0.335 e. The van der Waals surface area contributed by atoms with Gasteiger partial charge < -0.3 is 5.11 Å². The minimum atomic E-state index is -1.14. The largest absolute Gasteiger partial charge is 0.478 e. The average Bonchev–Trinajstić information content (AvgIpc) is 2.07. The second-order valence-corrected chi connectivity index (χ2v) is 2.23. The Balaban J connectivity index is 5.35. The maximum absolute atomic E-state index is 10.6. The van der Waals surface area contributed by atoms with Gasteiger partial charge in [-0.1, -0.05) is 6.08 Å². The number of carbonyl (C=O) groups is 1. The van der Waals surface area contributed by atoms with Gasteiger partial charge in [-0.3, -0.25) is 0 Å². The van der Waals surface area contributed by atoms with E-state index in [1.165, 1.54) is 13.0 Å². The topological polar surface area (TPSA) is 84.9 Å². The fourth-order valence-electron chi connectivity index (χ4n) is 0.828. The van der Waals surface area contributed by atoms with E-state index in [2.05, 4.69) is 0 Å². The standard InChI is InChI=1S/C9H8N2O2/c1-3-8(9(12)13)6(2)7(4-10)5-11/h3H,1-2H3,(H,12,13). The van der Waals surface area contributed by atoms with Crippen LogP contribution in [-0.4, -0.2) is 11.1 Å². The van der Waals surface area contributed by atoms with E-state index in [9.17, 15) is 4.79 Å². The maximum Gasteiger partial charge on any atom is 0.335 e. The van der Waals surface area contributed by atoms with Gasteiger partial charge in [-0.25, -0.2) is 4.79 Å². The molecule has 0 aliphatic rings. The van der Waals surface area contributed by atoms with E-state index in [1.54, 1.807) is 19.1 Å². The maximum atomic E-state index is 10.6. The molecule has 0 rings (SSSR count). The van der Waals surface area contributed by atoms with Crippen LogP contribution in [0.15, 0.2) is 22.8 Å². The van der Waals surface area contributed by atoms with Gasteiger partial charge in [0, 0.05) is 0 Å². The van der Waals surface area contributed by atoms with Gasteiger partial charge in [0.2, 0.25) is 0 Å². The van der Waals surface area contributed by atoms with Crippen molar-refractivity contribution < 1.29 is 9.90 Å². The first-order valence-electron chi connectivity index (χ1n) is 3.49. The Morgan fingerprint density at radius 3 is 2.08 bits per heavy atom. The van der Waals surface area contributed by atoms with Gasteiger partial charge in [-0.05, 0) is 19.4 Å². The van der Waals surface area contributed by atoms with Crippen molar-refractivity contribution in [2.45, 2.75) is 13.8 Å². The Bertz CT molecular complexity index is 348. The predicted molar refractivity (Wildman–Crippen MR) is 45.3 cm³/mol. The average molecular weight is 176 g/mol. The predicted octanol–water partition coefficient (Wildman–Crippen LogP) is 1.38. The van der Waals surface area contributed by atoms with Crippen LogP contribution in [0.3, 0.4) is 0 Å². The van der Waals surface area contributed by atoms with Gasteiger partial charge in [0.1, 0.15) is 17.7 Å². The second kappa shape index (κ2) is 4.74. The molecule has 0 fully saturated rings. The molecule has 66 valence electrons. The number of aliphatic carboxylic acids is 1. The highest BCUT2D eigenvalue weighted by Gasteiger charge is 2.12. The molecule has 0 aromatic rings. The Kier molecular flexibility index (Phi) is 3.98. The van der Waals surface area contributed by atoms with E-state index in [0.717, 1.165) is 0 Å². The second-order valence-electron chi connectivity index (χ2n) is 2.23. The molecule has 1 N–H and O–H groups in total. The summed E-state index contributed by atoms with van der Waals surface area (Å²) in [7, 11) is 0. The van der Waals surface area contributed by atoms with Crippen LogP contribution in [-0.2, 0) is 4.79 Å². The molecule has 0 amide bonds. The fourth-order valence-corrected chi connectivity index (χ4v) is 0.828. The normalized spacial score (nSPS) is 9.69. The third-order valence-electron chi connectivity index (χ3n) is 1.52. The lowest BCUT2D eigenvalue weighted by Crippen LogP contribution is -2.03. The van der Waals surface area contributed by atoms with Gasteiger partial charge in [0.25, 0.3) is 0 Å². The van der Waals surface area contributed by atoms with Crippen molar-refractivity contribution in [3.05, 3.63) is 22.8 Å². The summed E-state index contributed by atoms with van der Waals surface area (Å²) in [6.45, 7) is 2.98. The molecule has 0 radical (unpaired) electrons. The highest BCUT2D eigenvalue weighted by atomic mass is 16.4. The SMILES string of the molecule is CC=C(C(=O)O)C(C)=C(C#N)C#N. The summed E-state index contributed by atoms with van der Waals surface area (Å²) in [5.41, 5.74) is 0.00796. The number of rotatable bonds is 2. The molecule has 0 atom stereocenters. The van der Waals surface area contributed by atoms with Gasteiger partial charge >= 0.3 is 5.97 Å². The number of allylic oxidation sites excluding steroid dienone is 2. The molecule has 0 aliphatic heterocycles. The summed E-state index contributed by atoms with van der Waals surface area (Å²) in [6, 6.07) is 3.27. The van der Waals surface area contributed by atoms with Gasteiger partial charge in [0.15, 0.2) is 0 Å². The lowest BCUT2D eigenvalue weighted by atomic mass is 10.0. The van der Waals surface area contributed by atoms with Crippen LogP contribution in [0.4, 0.5) is 0 Å². The van der Waals surface area contributed by atoms with E-state index in [-0.39, 0.29) is 16.7 Å². The van der Waals surface area contributed by atoms with Crippen molar-refractivity contribution in [1.29, 1.82) is 10.5 Å². The summed E-state index contributed by atoms with van der Waals surface area (Å²) >= 11 is 0. The van der Waals surface area contributed by atoms with Crippen molar-refractivity contribution >= 4 is 5.97 Å². The molecule has 0 bridgehead atoms. The van der Waals surface area contributed by atoms with Crippen molar-refractivity contribution in [3.63, 3.8) is 0 Å². The van der Waals surface area contributed by atoms with E-state index >= 15 is 0 Å². The molecule has 0 aromatic carbocycles. The van der Waals surface area contributed by atoms with Crippen LogP contribution in [0.1, 0.15) is 13.8 Å². The summed E-state index contributed by atoms with van der Waals surface area (Å²) in [5.74, 6) is -1.14. The highest BCUT2D eigenvalue weighted by Crippen LogP contribution is 2.13. The number of hydrogen-bond acceptors (Lipinski definition) is 3. The van der Waals surface area contributed by atoms with Crippen LogP contribution in [0.5, 0.6) is 0 Å². The molecular formula is C9H8N2O2. The highest BCUT2D eigenvalue weighted by molar-refractivity contribution is 5.92. The molecule has 0 saturated carbocycles. The molecule has 0 heterocycles. The minimum absolute atomic E-state index is 0.0156. The number of carboxylic acids is 1. The fraction of sp³-hybridized carbons (Fsp3) is 0.222. The molecule has 13 heavy (non-hydrogen) atoms. The Hall–Kier alpha value is -2.07. The van der Waals surface area contributed by atoms with Gasteiger partial charge in [-0.2, -0.15) is 10.5 Å². The molecule has 0 aromatic heterocycles. The minimum Gasteiger partial charge on any atom is -0.478 e. The number of carboxylic acid groups (broad SMARTS) is 1. The first-order valence-corrected chi connectivity index (χ1v) is 3.49. The lowest BCUT2D eigenvalue weighted by molar-refractivity contribution is -0.132. The van der Waals surface area contributed by atoms with Crippen LogP contribution in [0.25, 0.3) is 0 Å². The summed E-state index contributed by atoms with van der Waals surface area (Å²) in [6.07, 6.45) is 1.35. The zero-order valence-electron chi connectivity index (χ0n) is 7.33. The molecule has 0 spiro atoms. The summed E-state index contributed by atoms with van der Waals surface area (Å²) in [5, 5.41) is 25.6. The molecule has 4 heteroatoms. The Labute approximate surface area is 76.0 Å². The quantitative estimate of drug-likeness (QED) is 0.391. The number of nitriles is 2. The van der Waals surface area contributed by atoms with Crippen molar-refractivity contribution in [2.24, 2.45) is 0 Å². The third kappa shape index (κ3) is 2.46. The van der Waals surface area contributed by atoms with Gasteiger partial charge in [-0.15, -0.1) is 0 Å². The van der Waals surface area contributed by atoms with E-state index < -0.39 is 5.97 Å². The van der Waals surface area contributed by atoms with E-state index in [0.29, 0.717) is 0 Å². The van der Waals surface area contributed by atoms with Crippen LogP contribution in [0, 0.1) is 22.7 Å². The van der Waals surface area contributed by atoms with E-state index in [1.807, 2.05) is 0 Å². The molecule has 4 nitrogen and oxygen atoms in total. The lowest BCUT2D eigenvalue weighted by Gasteiger charge is -2.00. The third-order valence-corrected chi connectivity index (χ3v) is 1.52. The molecular weight excluding hydrogens is 168 g/mol. The monoisotopic (exact) mass is 176 g/mol. The van der Waals surface area contributed by atoms with Crippen molar-refractivity contribution in [2.75, 3.05) is 0 Å². The van der Waals surface area contributed by atoms with Gasteiger partial charge in [0.05, 0.1) is 5.57 Å². The van der Waals surface area contributed by atoms with Crippen LogP contribution in [0.2, 0.25) is 0 Å². The Morgan fingerprint density at radius 2 is 1.85 bits per heavy atom. The van der Waals surface area contributed by atoms with Crippen LogP contribution < -0.4 is 0 Å². The zero-order valence-corrected chi connectivity index (χ0v) is 7.33. The molecule has 0 unspecified atom stereocenters. The summed E-state index contributed by atoms with van der Waals surface area (Å²) in [4.78, 5) is 10.6. The summed E-state index contributed by atoms with van der Waals surface area (Å²) < 4.78 is 0. The molecule has 0 aliphatic carbocycles. The first kappa shape index (κ1) is 10.9. The molecule has 0 saturated heterocycles. The first-order chi connectivity index (χ1) is 6.08. The Morgan fingerprint density at radius 1 is 1.38 bits per heavy atom. The van der Waals surface area contributed by atoms with Crippen molar-refractivity contribution in [1.82, 2.24) is 0 Å². The zero-order chi connectivity index (χ0) is 10.4.